The molecule has 1 aromatic rings. The van der Waals surface area contributed by atoms with Crippen molar-refractivity contribution in [2.24, 2.45) is 11.7 Å². The zero-order chi connectivity index (χ0) is 12.3. The van der Waals surface area contributed by atoms with Gasteiger partial charge in [0.2, 0.25) is 0 Å². The molecule has 0 aromatic heterocycles. The van der Waals surface area contributed by atoms with Crippen LogP contribution in [0.3, 0.4) is 0 Å². The minimum atomic E-state index is -0.742. The van der Waals surface area contributed by atoms with Gasteiger partial charge in [0.05, 0.1) is 11.6 Å². The van der Waals surface area contributed by atoms with Crippen LogP contribution in [0.5, 0.6) is 5.75 Å². The summed E-state index contributed by atoms with van der Waals surface area (Å²) >= 11 is 0. The molecule has 0 aliphatic carbocycles. The molecule has 1 aromatic carbocycles. The van der Waals surface area contributed by atoms with Gasteiger partial charge in [-0.2, -0.15) is 5.26 Å². The van der Waals surface area contributed by atoms with E-state index in [0.717, 1.165) is 6.07 Å². The first-order valence-electron chi connectivity index (χ1n) is 5.14. The highest BCUT2D eigenvalue weighted by Gasteiger charge is 2.19. The van der Waals surface area contributed by atoms with E-state index in [-0.39, 0.29) is 11.1 Å². The van der Waals surface area contributed by atoms with Crippen LogP contribution in [0.1, 0.15) is 37.4 Å². The van der Waals surface area contributed by atoms with E-state index in [4.69, 9.17) is 11.0 Å². The summed E-state index contributed by atoms with van der Waals surface area (Å²) in [5.74, 6) is -0.940. The lowest BCUT2D eigenvalue weighted by molar-refractivity contribution is 0.411. The van der Waals surface area contributed by atoms with Crippen molar-refractivity contribution >= 4 is 0 Å². The molecule has 0 heterocycles. The Morgan fingerprint density at radius 3 is 2.62 bits per heavy atom. The van der Waals surface area contributed by atoms with Crippen LogP contribution in [0.15, 0.2) is 12.1 Å². The van der Waals surface area contributed by atoms with Crippen LogP contribution in [0.4, 0.5) is 4.39 Å². The van der Waals surface area contributed by atoms with Gasteiger partial charge in [0.1, 0.15) is 0 Å². The number of aromatic hydroxyl groups is 1. The Kier molecular flexibility index (Phi) is 3.86. The Hall–Kier alpha value is -1.60. The van der Waals surface area contributed by atoms with Gasteiger partial charge in [0, 0.05) is 11.6 Å². The first-order valence-corrected chi connectivity index (χ1v) is 5.14. The molecule has 0 amide bonds. The number of phenols is 1. The molecule has 0 fully saturated rings. The standard InChI is InChI=1S/C12H15FN2O/c1-7(2)5-10(15)11-8(6-14)3-4-9(13)12(11)16/h3-4,7,10,16H,5,15H2,1-2H3/t10-/m1/s1. The predicted molar refractivity (Wildman–Crippen MR) is 59.2 cm³/mol. The fraction of sp³-hybridized carbons (Fsp3) is 0.417. The number of halogens is 1. The summed E-state index contributed by atoms with van der Waals surface area (Å²) in [6, 6.07) is 3.80. The monoisotopic (exact) mass is 222 g/mol. The summed E-state index contributed by atoms with van der Waals surface area (Å²) in [6.07, 6.45) is 0.589. The number of nitrogens with zero attached hydrogens (tertiary/aromatic N) is 1. The summed E-state index contributed by atoms with van der Waals surface area (Å²) in [7, 11) is 0. The molecule has 0 spiro atoms. The molecule has 0 saturated heterocycles. The third-order valence-corrected chi connectivity index (χ3v) is 2.38. The van der Waals surface area contributed by atoms with Crippen LogP contribution in [0.25, 0.3) is 0 Å². The quantitative estimate of drug-likeness (QED) is 0.825. The second-order valence-electron chi connectivity index (χ2n) is 4.21. The SMILES string of the molecule is CC(C)C[C@@H](N)c1c(C#N)ccc(F)c1O. The van der Waals surface area contributed by atoms with Gasteiger partial charge in [0.25, 0.3) is 0 Å². The van der Waals surface area contributed by atoms with E-state index in [9.17, 15) is 9.50 Å². The largest absolute Gasteiger partial charge is 0.505 e. The Balaban J connectivity index is 3.20. The van der Waals surface area contributed by atoms with Crippen molar-refractivity contribution in [1.29, 1.82) is 5.26 Å². The van der Waals surface area contributed by atoms with Crippen LogP contribution in [-0.2, 0) is 0 Å². The molecule has 0 saturated carbocycles. The minimum Gasteiger partial charge on any atom is -0.505 e. The Morgan fingerprint density at radius 1 is 1.50 bits per heavy atom. The van der Waals surface area contributed by atoms with Crippen molar-refractivity contribution in [1.82, 2.24) is 0 Å². The fourth-order valence-electron chi connectivity index (χ4n) is 1.68. The van der Waals surface area contributed by atoms with Gasteiger partial charge >= 0.3 is 0 Å². The zero-order valence-corrected chi connectivity index (χ0v) is 9.37. The average Bonchev–Trinajstić information content (AvgIpc) is 2.20. The predicted octanol–water partition coefficient (Wildman–Crippen LogP) is 2.45. The summed E-state index contributed by atoms with van der Waals surface area (Å²) in [4.78, 5) is 0. The number of hydrogen-bond donors (Lipinski definition) is 2. The first-order chi connectivity index (χ1) is 7.47. The lowest BCUT2D eigenvalue weighted by Crippen LogP contribution is -2.15. The number of nitriles is 1. The number of nitrogens with two attached hydrogens (primary N) is 1. The third-order valence-electron chi connectivity index (χ3n) is 2.38. The second kappa shape index (κ2) is 4.95. The summed E-state index contributed by atoms with van der Waals surface area (Å²) in [5, 5.41) is 18.5. The maximum absolute atomic E-state index is 13.2. The summed E-state index contributed by atoms with van der Waals surface area (Å²) in [5.41, 5.74) is 6.30. The molecule has 0 aliphatic heterocycles. The van der Waals surface area contributed by atoms with E-state index in [0.29, 0.717) is 12.3 Å². The van der Waals surface area contributed by atoms with Crippen LogP contribution in [0.2, 0.25) is 0 Å². The Bertz CT molecular complexity index is 424. The maximum Gasteiger partial charge on any atom is 0.165 e. The van der Waals surface area contributed by atoms with Gasteiger partial charge in [-0.1, -0.05) is 13.8 Å². The molecule has 4 heteroatoms. The normalized spacial score (nSPS) is 12.5. The van der Waals surface area contributed by atoms with Crippen LogP contribution in [-0.4, -0.2) is 5.11 Å². The lowest BCUT2D eigenvalue weighted by Gasteiger charge is -2.17. The molecular weight excluding hydrogens is 207 g/mol. The second-order valence-corrected chi connectivity index (χ2v) is 4.21. The smallest absolute Gasteiger partial charge is 0.165 e. The van der Waals surface area contributed by atoms with Crippen molar-refractivity contribution in [3.63, 3.8) is 0 Å². The highest BCUT2D eigenvalue weighted by atomic mass is 19.1. The van der Waals surface area contributed by atoms with E-state index < -0.39 is 17.6 Å². The maximum atomic E-state index is 13.2. The molecule has 16 heavy (non-hydrogen) atoms. The topological polar surface area (TPSA) is 70.0 Å². The van der Waals surface area contributed by atoms with E-state index in [1.54, 1.807) is 0 Å². The molecule has 3 nitrogen and oxygen atoms in total. The molecule has 0 unspecified atom stereocenters. The number of benzene rings is 1. The van der Waals surface area contributed by atoms with Gasteiger partial charge in [-0.25, -0.2) is 4.39 Å². The number of rotatable bonds is 3. The van der Waals surface area contributed by atoms with Gasteiger partial charge in [0.15, 0.2) is 11.6 Å². The van der Waals surface area contributed by atoms with Crippen molar-refractivity contribution in [3.8, 4) is 11.8 Å². The van der Waals surface area contributed by atoms with E-state index >= 15 is 0 Å². The van der Waals surface area contributed by atoms with E-state index in [1.807, 2.05) is 19.9 Å². The first kappa shape index (κ1) is 12.5. The van der Waals surface area contributed by atoms with Crippen molar-refractivity contribution < 1.29 is 9.50 Å². The molecule has 3 N–H and O–H groups in total. The van der Waals surface area contributed by atoms with Gasteiger partial charge in [-0.3, -0.25) is 0 Å². The van der Waals surface area contributed by atoms with Gasteiger partial charge < -0.3 is 10.8 Å². The van der Waals surface area contributed by atoms with Crippen molar-refractivity contribution in [2.75, 3.05) is 0 Å². The Labute approximate surface area is 94.3 Å². The summed E-state index contributed by atoms with van der Waals surface area (Å²) in [6.45, 7) is 3.95. The molecular formula is C12H15FN2O. The van der Waals surface area contributed by atoms with Crippen molar-refractivity contribution in [2.45, 2.75) is 26.3 Å². The zero-order valence-electron chi connectivity index (χ0n) is 9.37. The van der Waals surface area contributed by atoms with E-state index in [1.165, 1.54) is 6.07 Å². The van der Waals surface area contributed by atoms with Gasteiger partial charge in [-0.15, -0.1) is 0 Å². The van der Waals surface area contributed by atoms with Gasteiger partial charge in [-0.05, 0) is 24.5 Å². The van der Waals surface area contributed by atoms with Crippen molar-refractivity contribution in [3.05, 3.63) is 29.1 Å². The Morgan fingerprint density at radius 2 is 2.12 bits per heavy atom. The van der Waals surface area contributed by atoms with Crippen LogP contribution in [0, 0.1) is 23.1 Å². The molecule has 0 bridgehead atoms. The minimum absolute atomic E-state index is 0.205. The highest BCUT2D eigenvalue weighted by molar-refractivity contribution is 5.48. The third kappa shape index (κ3) is 2.50. The summed E-state index contributed by atoms with van der Waals surface area (Å²) < 4.78 is 13.2. The molecule has 1 rings (SSSR count). The fourth-order valence-corrected chi connectivity index (χ4v) is 1.68. The lowest BCUT2D eigenvalue weighted by atomic mass is 9.93. The molecule has 0 aliphatic rings. The van der Waals surface area contributed by atoms with E-state index in [2.05, 4.69) is 0 Å². The highest BCUT2D eigenvalue weighted by Crippen LogP contribution is 2.32. The van der Waals surface area contributed by atoms with Crippen LogP contribution >= 0.6 is 0 Å². The average molecular weight is 222 g/mol. The number of hydrogen-bond acceptors (Lipinski definition) is 3. The molecule has 0 radical (unpaired) electrons. The molecule has 86 valence electrons. The molecule has 1 atom stereocenters. The van der Waals surface area contributed by atoms with Crippen LogP contribution < -0.4 is 5.73 Å². The number of phenolic OH excluding ortho intramolecular Hbond substituents is 1.